The molecular formula is C12H19N3O2. The molecule has 2 N–H and O–H groups in total. The average molecular weight is 237 g/mol. The minimum absolute atomic E-state index is 0.315. The van der Waals surface area contributed by atoms with E-state index in [9.17, 15) is 4.79 Å². The molecule has 0 bridgehead atoms. The van der Waals surface area contributed by atoms with Crippen molar-refractivity contribution in [2.75, 3.05) is 26.7 Å². The molecule has 1 saturated heterocycles. The van der Waals surface area contributed by atoms with Gasteiger partial charge in [-0.3, -0.25) is 4.90 Å². The summed E-state index contributed by atoms with van der Waals surface area (Å²) in [7, 11) is 1.39. The van der Waals surface area contributed by atoms with Gasteiger partial charge in [0.2, 0.25) is 0 Å². The third-order valence-corrected chi connectivity index (χ3v) is 3.01. The number of H-pyrrole nitrogens is 1. The minimum atomic E-state index is -0.315. The predicted molar refractivity (Wildman–Crippen MR) is 64.9 cm³/mol. The Bertz CT molecular complexity index is 389. The summed E-state index contributed by atoms with van der Waals surface area (Å²) in [5.74, 6) is -0.315. The molecule has 1 aliphatic rings. The Hall–Kier alpha value is -1.33. The molecule has 0 spiro atoms. The molecule has 1 aromatic rings. The van der Waals surface area contributed by atoms with Crippen molar-refractivity contribution in [2.24, 2.45) is 0 Å². The van der Waals surface area contributed by atoms with Gasteiger partial charge >= 0.3 is 5.97 Å². The molecule has 17 heavy (non-hydrogen) atoms. The van der Waals surface area contributed by atoms with Gasteiger partial charge in [0.25, 0.3) is 0 Å². The van der Waals surface area contributed by atoms with Gasteiger partial charge in [0, 0.05) is 38.4 Å². The van der Waals surface area contributed by atoms with E-state index in [4.69, 9.17) is 0 Å². The van der Waals surface area contributed by atoms with Crippen LogP contribution < -0.4 is 5.32 Å². The van der Waals surface area contributed by atoms with Crippen LogP contribution in [0.3, 0.4) is 0 Å². The van der Waals surface area contributed by atoms with Crippen molar-refractivity contribution in [3.8, 4) is 0 Å². The smallest absolute Gasteiger partial charge is 0.354 e. The third kappa shape index (κ3) is 3.08. The molecule has 2 heterocycles. The Kier molecular flexibility index (Phi) is 3.81. The van der Waals surface area contributed by atoms with E-state index in [0.29, 0.717) is 11.7 Å². The second-order valence-corrected chi connectivity index (χ2v) is 4.50. The van der Waals surface area contributed by atoms with Crippen LogP contribution in [0.2, 0.25) is 0 Å². The third-order valence-electron chi connectivity index (χ3n) is 3.01. The molecule has 2 rings (SSSR count). The first-order chi connectivity index (χ1) is 8.19. The van der Waals surface area contributed by atoms with Crippen LogP contribution in [0.4, 0.5) is 0 Å². The maximum absolute atomic E-state index is 11.3. The lowest BCUT2D eigenvalue weighted by molar-refractivity contribution is 0.0594. The van der Waals surface area contributed by atoms with Crippen LogP contribution in [-0.2, 0) is 11.3 Å². The zero-order chi connectivity index (χ0) is 12.3. The molecule has 5 heteroatoms. The maximum Gasteiger partial charge on any atom is 0.354 e. The summed E-state index contributed by atoms with van der Waals surface area (Å²) in [5.41, 5.74) is 1.64. The number of carbonyl (C=O) groups is 1. The SMILES string of the molecule is COC(=O)c1cc(CN2CCN[C@H](C)C2)c[nH]1. The number of aromatic nitrogens is 1. The van der Waals surface area contributed by atoms with Crippen molar-refractivity contribution >= 4 is 5.97 Å². The van der Waals surface area contributed by atoms with Gasteiger partial charge in [-0.05, 0) is 18.6 Å². The molecule has 1 atom stereocenters. The molecule has 0 saturated carbocycles. The molecule has 0 amide bonds. The first-order valence-electron chi connectivity index (χ1n) is 5.90. The van der Waals surface area contributed by atoms with E-state index in [1.807, 2.05) is 12.3 Å². The summed E-state index contributed by atoms with van der Waals surface area (Å²) in [4.78, 5) is 16.6. The number of methoxy groups -OCH3 is 1. The normalized spacial score (nSPS) is 21.4. The van der Waals surface area contributed by atoms with Gasteiger partial charge in [0.15, 0.2) is 0 Å². The van der Waals surface area contributed by atoms with Crippen molar-refractivity contribution in [1.82, 2.24) is 15.2 Å². The topological polar surface area (TPSA) is 57.4 Å². The van der Waals surface area contributed by atoms with Crippen LogP contribution in [0, 0.1) is 0 Å². The number of rotatable bonds is 3. The molecule has 0 radical (unpaired) electrons. The number of ether oxygens (including phenoxy) is 1. The number of esters is 1. The number of nitrogens with zero attached hydrogens (tertiary/aromatic N) is 1. The van der Waals surface area contributed by atoms with Gasteiger partial charge in [0.1, 0.15) is 5.69 Å². The molecule has 1 fully saturated rings. The standard InChI is InChI=1S/C12H19N3O2/c1-9-7-15(4-3-13-9)8-10-5-11(14-6-10)12(16)17-2/h5-6,9,13-14H,3-4,7-8H2,1-2H3/t9-/m1/s1. The van der Waals surface area contributed by atoms with Crippen molar-refractivity contribution in [2.45, 2.75) is 19.5 Å². The molecule has 5 nitrogen and oxygen atoms in total. The fraction of sp³-hybridized carbons (Fsp3) is 0.583. The second kappa shape index (κ2) is 5.33. The molecule has 1 aliphatic heterocycles. The number of aromatic amines is 1. The number of carbonyl (C=O) groups excluding carboxylic acids is 1. The summed E-state index contributed by atoms with van der Waals surface area (Å²) in [6, 6.07) is 2.39. The van der Waals surface area contributed by atoms with Gasteiger partial charge in [-0.1, -0.05) is 0 Å². The highest BCUT2D eigenvalue weighted by Gasteiger charge is 2.16. The Morgan fingerprint density at radius 3 is 3.18 bits per heavy atom. The molecule has 94 valence electrons. The lowest BCUT2D eigenvalue weighted by Gasteiger charge is -2.31. The van der Waals surface area contributed by atoms with E-state index >= 15 is 0 Å². The summed E-state index contributed by atoms with van der Waals surface area (Å²) < 4.78 is 4.66. The zero-order valence-electron chi connectivity index (χ0n) is 10.3. The number of hydrogen-bond donors (Lipinski definition) is 2. The zero-order valence-corrected chi connectivity index (χ0v) is 10.3. The Balaban J connectivity index is 1.94. The van der Waals surface area contributed by atoms with Gasteiger partial charge in [-0.15, -0.1) is 0 Å². The predicted octanol–water partition coefficient (Wildman–Crippen LogP) is 0.595. The van der Waals surface area contributed by atoms with Gasteiger partial charge in [-0.25, -0.2) is 4.79 Å². The summed E-state index contributed by atoms with van der Waals surface area (Å²) in [6.45, 7) is 6.17. The quantitative estimate of drug-likeness (QED) is 0.756. The van der Waals surface area contributed by atoms with Crippen molar-refractivity contribution in [3.63, 3.8) is 0 Å². The average Bonchev–Trinajstić information content (AvgIpc) is 2.76. The molecule has 0 unspecified atom stereocenters. The highest BCUT2D eigenvalue weighted by Crippen LogP contribution is 2.10. The first kappa shape index (κ1) is 12.1. The van der Waals surface area contributed by atoms with Crippen LogP contribution >= 0.6 is 0 Å². The number of piperazine rings is 1. The van der Waals surface area contributed by atoms with Crippen molar-refractivity contribution in [3.05, 3.63) is 23.5 Å². The monoisotopic (exact) mass is 237 g/mol. The summed E-state index contributed by atoms with van der Waals surface area (Å²) in [6.07, 6.45) is 1.87. The highest BCUT2D eigenvalue weighted by atomic mass is 16.5. The largest absolute Gasteiger partial charge is 0.464 e. The maximum atomic E-state index is 11.3. The molecule has 0 aromatic carbocycles. The van der Waals surface area contributed by atoms with E-state index in [-0.39, 0.29) is 5.97 Å². The fourth-order valence-corrected chi connectivity index (χ4v) is 2.17. The summed E-state index contributed by atoms with van der Waals surface area (Å²) >= 11 is 0. The minimum Gasteiger partial charge on any atom is -0.464 e. The summed E-state index contributed by atoms with van der Waals surface area (Å²) in [5, 5.41) is 3.41. The van der Waals surface area contributed by atoms with Crippen molar-refractivity contribution in [1.29, 1.82) is 0 Å². The Morgan fingerprint density at radius 2 is 2.47 bits per heavy atom. The van der Waals surface area contributed by atoms with Crippen LogP contribution in [-0.4, -0.2) is 48.6 Å². The Morgan fingerprint density at radius 1 is 1.65 bits per heavy atom. The lowest BCUT2D eigenvalue weighted by Crippen LogP contribution is -2.48. The van der Waals surface area contributed by atoms with E-state index in [1.165, 1.54) is 7.11 Å². The first-order valence-corrected chi connectivity index (χ1v) is 5.90. The lowest BCUT2D eigenvalue weighted by atomic mass is 10.2. The number of hydrogen-bond acceptors (Lipinski definition) is 4. The van der Waals surface area contributed by atoms with E-state index < -0.39 is 0 Å². The van der Waals surface area contributed by atoms with Crippen LogP contribution in [0.1, 0.15) is 23.0 Å². The number of nitrogens with one attached hydrogen (secondary N) is 2. The van der Waals surface area contributed by atoms with Crippen LogP contribution in [0.5, 0.6) is 0 Å². The van der Waals surface area contributed by atoms with Gasteiger partial charge in [-0.2, -0.15) is 0 Å². The van der Waals surface area contributed by atoms with Gasteiger partial charge < -0.3 is 15.0 Å². The molecule has 1 aromatic heterocycles. The van der Waals surface area contributed by atoms with E-state index in [0.717, 1.165) is 31.7 Å². The van der Waals surface area contributed by atoms with E-state index in [1.54, 1.807) is 0 Å². The van der Waals surface area contributed by atoms with Crippen molar-refractivity contribution < 1.29 is 9.53 Å². The Labute approximate surface area is 101 Å². The highest BCUT2D eigenvalue weighted by molar-refractivity contribution is 5.87. The second-order valence-electron chi connectivity index (χ2n) is 4.50. The molecule has 0 aliphatic carbocycles. The molecular weight excluding hydrogens is 218 g/mol. The fourth-order valence-electron chi connectivity index (χ4n) is 2.17. The van der Waals surface area contributed by atoms with E-state index in [2.05, 4.69) is 26.9 Å². The van der Waals surface area contributed by atoms with Crippen LogP contribution in [0.25, 0.3) is 0 Å². The van der Waals surface area contributed by atoms with Crippen LogP contribution in [0.15, 0.2) is 12.3 Å². The van der Waals surface area contributed by atoms with Gasteiger partial charge in [0.05, 0.1) is 7.11 Å².